The van der Waals surface area contributed by atoms with Crippen molar-refractivity contribution in [1.29, 1.82) is 0 Å². The average molecular weight is 375 g/mol. The van der Waals surface area contributed by atoms with Gasteiger partial charge in [-0.05, 0) is 42.3 Å². The van der Waals surface area contributed by atoms with E-state index in [1.54, 1.807) is 7.11 Å². The monoisotopic (exact) mass is 375 g/mol. The van der Waals surface area contributed by atoms with Crippen molar-refractivity contribution in [3.05, 3.63) is 76.2 Å². The minimum atomic E-state index is -0.196. The van der Waals surface area contributed by atoms with Gasteiger partial charge in [-0.2, -0.15) is 9.50 Å². The number of H-pyrrole nitrogens is 1. The highest BCUT2D eigenvalue weighted by molar-refractivity contribution is 5.58. The number of rotatable bonds is 6. The number of fused-ring (bicyclic) bond motifs is 1. The maximum absolute atomic E-state index is 12.5. The van der Waals surface area contributed by atoms with Crippen LogP contribution < -0.4 is 15.6 Å². The average Bonchev–Trinajstić information content (AvgIpc) is 3.17. The molecule has 0 atom stereocenters. The van der Waals surface area contributed by atoms with Crippen LogP contribution in [0.2, 0.25) is 0 Å². The van der Waals surface area contributed by atoms with Crippen molar-refractivity contribution in [1.82, 2.24) is 19.6 Å². The largest absolute Gasteiger partial charge is 0.497 e. The van der Waals surface area contributed by atoms with Gasteiger partial charge in [-0.3, -0.25) is 9.89 Å². The van der Waals surface area contributed by atoms with Crippen molar-refractivity contribution in [3.8, 4) is 17.1 Å². The van der Waals surface area contributed by atoms with Crippen LogP contribution in [0.25, 0.3) is 17.2 Å². The van der Waals surface area contributed by atoms with Crippen LogP contribution >= 0.6 is 0 Å². The summed E-state index contributed by atoms with van der Waals surface area (Å²) in [5.41, 5.74) is 3.57. The number of aromatic amines is 1. The lowest BCUT2D eigenvalue weighted by Gasteiger charge is -2.10. The van der Waals surface area contributed by atoms with E-state index in [9.17, 15) is 4.79 Å². The lowest BCUT2D eigenvalue weighted by molar-refractivity contribution is 0.415. The molecule has 28 heavy (non-hydrogen) atoms. The van der Waals surface area contributed by atoms with Crippen LogP contribution in [0.5, 0.6) is 5.75 Å². The molecule has 0 aliphatic heterocycles. The van der Waals surface area contributed by atoms with E-state index in [0.717, 1.165) is 23.4 Å². The second kappa shape index (κ2) is 7.56. The molecule has 0 aliphatic rings. The maximum atomic E-state index is 12.5. The molecule has 0 fully saturated rings. The number of nitrogens with one attached hydrogen (secondary N) is 2. The molecule has 0 unspecified atom stereocenters. The third-order valence-corrected chi connectivity index (χ3v) is 4.61. The Bertz CT molecular complexity index is 1160. The molecular formula is C21H21N5O2. The number of para-hydroxylation sites is 1. The van der Waals surface area contributed by atoms with Crippen molar-refractivity contribution in [2.45, 2.75) is 19.9 Å². The number of benzene rings is 2. The summed E-state index contributed by atoms with van der Waals surface area (Å²) in [6.07, 6.45) is 0.933. The SMILES string of the molecule is CCc1ccccc1NCc1cc(=O)n2[nH]c(-c3ccc(OC)cc3)nc2n1. The lowest BCUT2D eigenvalue weighted by Crippen LogP contribution is -2.17. The molecule has 2 aromatic heterocycles. The fourth-order valence-corrected chi connectivity index (χ4v) is 3.08. The van der Waals surface area contributed by atoms with Gasteiger partial charge in [-0.15, -0.1) is 0 Å². The summed E-state index contributed by atoms with van der Waals surface area (Å²) in [6.45, 7) is 2.56. The van der Waals surface area contributed by atoms with Crippen LogP contribution in [-0.2, 0) is 13.0 Å². The third-order valence-electron chi connectivity index (χ3n) is 4.61. The molecule has 2 aromatic carbocycles. The second-order valence-corrected chi connectivity index (χ2v) is 6.39. The standard InChI is InChI=1S/C21H21N5O2/c1-3-14-6-4-5-7-18(14)22-13-16-12-19(27)26-21(23-16)24-20(25-26)15-8-10-17(28-2)11-9-15/h4-12,22H,3,13H2,1-2H3,(H,23,24,25). The first-order valence-corrected chi connectivity index (χ1v) is 9.13. The Kier molecular flexibility index (Phi) is 4.80. The first-order valence-electron chi connectivity index (χ1n) is 9.13. The molecule has 0 saturated carbocycles. The van der Waals surface area contributed by atoms with Gasteiger partial charge >= 0.3 is 0 Å². The molecule has 2 heterocycles. The molecule has 0 saturated heterocycles. The highest BCUT2D eigenvalue weighted by Crippen LogP contribution is 2.20. The Labute approximate surface area is 162 Å². The summed E-state index contributed by atoms with van der Waals surface area (Å²) >= 11 is 0. The van der Waals surface area contributed by atoms with E-state index < -0.39 is 0 Å². The number of hydrogen-bond donors (Lipinski definition) is 2. The zero-order chi connectivity index (χ0) is 19.5. The molecule has 0 spiro atoms. The highest BCUT2D eigenvalue weighted by atomic mass is 16.5. The summed E-state index contributed by atoms with van der Waals surface area (Å²) < 4.78 is 6.52. The highest BCUT2D eigenvalue weighted by Gasteiger charge is 2.10. The van der Waals surface area contributed by atoms with Gasteiger partial charge in [0.15, 0.2) is 5.82 Å². The van der Waals surface area contributed by atoms with E-state index in [1.807, 2.05) is 42.5 Å². The van der Waals surface area contributed by atoms with Crippen molar-refractivity contribution in [2.24, 2.45) is 0 Å². The van der Waals surface area contributed by atoms with Crippen molar-refractivity contribution < 1.29 is 4.74 Å². The van der Waals surface area contributed by atoms with Crippen molar-refractivity contribution in [3.63, 3.8) is 0 Å². The Balaban J connectivity index is 1.61. The number of aromatic nitrogens is 4. The van der Waals surface area contributed by atoms with Gasteiger partial charge in [-0.1, -0.05) is 25.1 Å². The predicted molar refractivity (Wildman–Crippen MR) is 109 cm³/mol. The predicted octanol–water partition coefficient (Wildman–Crippen LogP) is 3.27. The molecule has 0 aliphatic carbocycles. The van der Waals surface area contributed by atoms with E-state index in [0.29, 0.717) is 23.8 Å². The van der Waals surface area contributed by atoms with E-state index in [4.69, 9.17) is 4.74 Å². The Morgan fingerprint density at radius 2 is 1.89 bits per heavy atom. The Morgan fingerprint density at radius 1 is 1.11 bits per heavy atom. The van der Waals surface area contributed by atoms with Gasteiger partial charge < -0.3 is 10.1 Å². The van der Waals surface area contributed by atoms with Gasteiger partial charge in [0.1, 0.15) is 5.75 Å². The molecule has 0 bridgehead atoms. The zero-order valence-electron chi connectivity index (χ0n) is 15.8. The van der Waals surface area contributed by atoms with Gasteiger partial charge in [0.25, 0.3) is 11.3 Å². The number of ether oxygens (including phenoxy) is 1. The molecule has 7 nitrogen and oxygen atoms in total. The first-order chi connectivity index (χ1) is 13.7. The number of aryl methyl sites for hydroxylation is 1. The van der Waals surface area contributed by atoms with E-state index in [2.05, 4.69) is 33.4 Å². The van der Waals surface area contributed by atoms with Crippen LogP contribution in [0.15, 0.2) is 59.4 Å². The molecule has 7 heteroatoms. The van der Waals surface area contributed by atoms with Gasteiger partial charge in [0.05, 0.1) is 19.3 Å². The molecule has 4 rings (SSSR count). The smallest absolute Gasteiger partial charge is 0.274 e. The molecule has 142 valence electrons. The first kappa shape index (κ1) is 17.8. The zero-order valence-corrected chi connectivity index (χ0v) is 15.8. The van der Waals surface area contributed by atoms with Crippen molar-refractivity contribution >= 4 is 11.5 Å². The van der Waals surface area contributed by atoms with Gasteiger partial charge in [0.2, 0.25) is 0 Å². The molecular weight excluding hydrogens is 354 g/mol. The number of anilines is 1. The molecule has 0 amide bonds. The Morgan fingerprint density at radius 3 is 2.64 bits per heavy atom. The van der Waals surface area contributed by atoms with E-state index >= 15 is 0 Å². The minimum Gasteiger partial charge on any atom is -0.497 e. The van der Waals surface area contributed by atoms with Crippen LogP contribution in [0.3, 0.4) is 0 Å². The van der Waals surface area contributed by atoms with Crippen LogP contribution in [0, 0.1) is 0 Å². The van der Waals surface area contributed by atoms with E-state index in [-0.39, 0.29) is 5.56 Å². The number of methoxy groups -OCH3 is 1. The van der Waals surface area contributed by atoms with Crippen LogP contribution in [0.4, 0.5) is 5.69 Å². The van der Waals surface area contributed by atoms with Crippen LogP contribution in [0.1, 0.15) is 18.2 Å². The third kappa shape index (κ3) is 3.46. The normalized spacial score (nSPS) is 10.9. The molecule has 2 N–H and O–H groups in total. The topological polar surface area (TPSA) is 84.3 Å². The lowest BCUT2D eigenvalue weighted by atomic mass is 10.1. The summed E-state index contributed by atoms with van der Waals surface area (Å²) in [5.74, 6) is 1.68. The molecule has 4 aromatic rings. The Hall–Kier alpha value is -3.61. The van der Waals surface area contributed by atoms with Crippen LogP contribution in [-0.4, -0.2) is 26.7 Å². The summed E-state index contributed by atoms with van der Waals surface area (Å²) in [4.78, 5) is 21.5. The second-order valence-electron chi connectivity index (χ2n) is 6.39. The van der Waals surface area contributed by atoms with E-state index in [1.165, 1.54) is 16.1 Å². The molecule has 0 radical (unpaired) electrons. The van der Waals surface area contributed by atoms with Gasteiger partial charge in [0, 0.05) is 17.3 Å². The quantitative estimate of drug-likeness (QED) is 0.540. The van der Waals surface area contributed by atoms with Gasteiger partial charge in [-0.25, -0.2) is 4.98 Å². The number of nitrogens with zero attached hydrogens (tertiary/aromatic N) is 3. The number of hydrogen-bond acceptors (Lipinski definition) is 5. The summed E-state index contributed by atoms with van der Waals surface area (Å²) in [7, 11) is 1.62. The summed E-state index contributed by atoms with van der Waals surface area (Å²) in [6, 6.07) is 17.1. The fraction of sp³-hybridized carbons (Fsp3) is 0.190. The minimum absolute atomic E-state index is 0.196. The van der Waals surface area contributed by atoms with Crippen molar-refractivity contribution in [2.75, 3.05) is 12.4 Å². The maximum Gasteiger partial charge on any atom is 0.274 e. The fourth-order valence-electron chi connectivity index (χ4n) is 3.08. The summed E-state index contributed by atoms with van der Waals surface area (Å²) in [5, 5.41) is 6.37.